The Morgan fingerprint density at radius 1 is 1.19 bits per heavy atom. The minimum atomic E-state index is -0.355. The number of carbonyl (C=O) groups is 1. The number of carbonyl (C=O) groups excluding carboxylic acids is 1. The zero-order chi connectivity index (χ0) is 19.0. The second-order valence-electron chi connectivity index (χ2n) is 7.65. The second-order valence-corrected chi connectivity index (χ2v) is 7.65. The fourth-order valence-corrected chi connectivity index (χ4v) is 3.31. The number of nitrogens with zero attached hydrogens (tertiary/aromatic N) is 4. The van der Waals surface area contributed by atoms with Crippen LogP contribution >= 0.6 is 0 Å². The monoisotopic (exact) mass is 367 g/mol. The number of nitrogens with one attached hydrogen (secondary N) is 1. The number of aromatic nitrogens is 3. The first-order valence-corrected chi connectivity index (χ1v) is 9.54. The summed E-state index contributed by atoms with van der Waals surface area (Å²) in [5.41, 5.74) is 2.26. The van der Waals surface area contributed by atoms with Gasteiger partial charge in [0.1, 0.15) is 12.4 Å². The SMILES string of the molecule is CC(C)[C@H]1COC(=O)N1c1ccnc(N[C@@H](C)c2ccc(C3CC3)nc2)n1. The predicted molar refractivity (Wildman–Crippen MR) is 103 cm³/mol. The summed E-state index contributed by atoms with van der Waals surface area (Å²) >= 11 is 0. The van der Waals surface area contributed by atoms with Crippen molar-refractivity contribution in [2.45, 2.75) is 51.6 Å². The Labute approximate surface area is 159 Å². The van der Waals surface area contributed by atoms with Gasteiger partial charge in [-0.15, -0.1) is 0 Å². The van der Waals surface area contributed by atoms with E-state index in [9.17, 15) is 4.79 Å². The van der Waals surface area contributed by atoms with Gasteiger partial charge in [-0.3, -0.25) is 9.88 Å². The van der Waals surface area contributed by atoms with Crippen molar-refractivity contribution in [1.29, 1.82) is 0 Å². The minimum absolute atomic E-state index is 0.00688. The van der Waals surface area contributed by atoms with Crippen LogP contribution in [0, 0.1) is 5.92 Å². The summed E-state index contributed by atoms with van der Waals surface area (Å²) in [4.78, 5) is 27.2. The molecule has 2 aliphatic rings. The number of hydrogen-bond donors (Lipinski definition) is 1. The molecule has 2 fully saturated rings. The largest absolute Gasteiger partial charge is 0.447 e. The van der Waals surface area contributed by atoms with Crippen LogP contribution in [0.3, 0.4) is 0 Å². The molecule has 0 unspecified atom stereocenters. The topological polar surface area (TPSA) is 80.2 Å². The molecule has 7 heteroatoms. The number of pyridine rings is 1. The Balaban J connectivity index is 1.49. The van der Waals surface area contributed by atoms with Gasteiger partial charge < -0.3 is 10.1 Å². The summed E-state index contributed by atoms with van der Waals surface area (Å²) in [6.45, 7) is 6.57. The maximum absolute atomic E-state index is 12.2. The summed E-state index contributed by atoms with van der Waals surface area (Å²) in [6.07, 6.45) is 5.72. The van der Waals surface area contributed by atoms with Gasteiger partial charge >= 0.3 is 6.09 Å². The number of anilines is 2. The van der Waals surface area contributed by atoms with Crippen molar-refractivity contribution in [3.63, 3.8) is 0 Å². The molecule has 0 spiro atoms. The van der Waals surface area contributed by atoms with E-state index in [2.05, 4.69) is 46.2 Å². The van der Waals surface area contributed by atoms with Crippen LogP contribution in [0.1, 0.15) is 56.8 Å². The molecule has 0 aromatic carbocycles. The second kappa shape index (κ2) is 7.13. The van der Waals surface area contributed by atoms with E-state index in [0.29, 0.717) is 24.3 Å². The van der Waals surface area contributed by atoms with Crippen molar-refractivity contribution in [3.05, 3.63) is 41.9 Å². The molecule has 0 radical (unpaired) electrons. The molecule has 2 aromatic heterocycles. The normalized spacial score (nSPS) is 20.7. The molecular formula is C20H25N5O2. The Bertz CT molecular complexity index is 819. The Hall–Kier alpha value is -2.70. The first-order chi connectivity index (χ1) is 13.0. The van der Waals surface area contributed by atoms with Gasteiger partial charge in [0, 0.05) is 24.0 Å². The maximum atomic E-state index is 12.2. The first kappa shape index (κ1) is 17.7. The molecule has 0 bridgehead atoms. The van der Waals surface area contributed by atoms with Crippen LogP contribution in [0.4, 0.5) is 16.6 Å². The molecule has 142 valence electrons. The highest BCUT2D eigenvalue weighted by Gasteiger charge is 2.37. The molecule has 1 saturated carbocycles. The fourth-order valence-electron chi connectivity index (χ4n) is 3.31. The van der Waals surface area contributed by atoms with E-state index in [1.54, 1.807) is 17.2 Å². The molecular weight excluding hydrogens is 342 g/mol. The average Bonchev–Trinajstić information content (AvgIpc) is 3.43. The molecule has 1 aliphatic heterocycles. The predicted octanol–water partition coefficient (Wildman–Crippen LogP) is 3.90. The Morgan fingerprint density at radius 2 is 2.00 bits per heavy atom. The van der Waals surface area contributed by atoms with Crippen LogP contribution in [0.2, 0.25) is 0 Å². The zero-order valence-electron chi connectivity index (χ0n) is 15.9. The minimum Gasteiger partial charge on any atom is -0.447 e. The van der Waals surface area contributed by atoms with Gasteiger partial charge in [0.2, 0.25) is 5.95 Å². The summed E-state index contributed by atoms with van der Waals surface area (Å²) in [5, 5.41) is 3.30. The van der Waals surface area contributed by atoms with Gasteiger partial charge in [0.25, 0.3) is 0 Å². The van der Waals surface area contributed by atoms with E-state index in [4.69, 9.17) is 4.74 Å². The summed E-state index contributed by atoms with van der Waals surface area (Å²) < 4.78 is 5.22. The quantitative estimate of drug-likeness (QED) is 0.834. The van der Waals surface area contributed by atoms with Crippen molar-refractivity contribution in [2.75, 3.05) is 16.8 Å². The number of cyclic esters (lactones) is 1. The third-order valence-electron chi connectivity index (χ3n) is 5.21. The van der Waals surface area contributed by atoms with Gasteiger partial charge in [0.05, 0.1) is 12.1 Å². The lowest BCUT2D eigenvalue weighted by atomic mass is 10.0. The van der Waals surface area contributed by atoms with Crippen molar-refractivity contribution < 1.29 is 9.53 Å². The van der Waals surface area contributed by atoms with Crippen LogP contribution in [-0.2, 0) is 4.74 Å². The fraction of sp³-hybridized carbons (Fsp3) is 0.500. The number of ether oxygens (including phenoxy) is 1. The summed E-state index contributed by atoms with van der Waals surface area (Å²) in [5.74, 6) is 1.96. The lowest BCUT2D eigenvalue weighted by Gasteiger charge is -2.23. The van der Waals surface area contributed by atoms with Crippen LogP contribution in [-0.4, -0.2) is 33.7 Å². The number of rotatable bonds is 6. The highest BCUT2D eigenvalue weighted by atomic mass is 16.6. The molecule has 1 aliphatic carbocycles. The zero-order valence-corrected chi connectivity index (χ0v) is 15.9. The average molecular weight is 367 g/mol. The maximum Gasteiger partial charge on any atom is 0.415 e. The van der Waals surface area contributed by atoms with E-state index in [1.807, 2.05) is 13.1 Å². The molecule has 3 heterocycles. The van der Waals surface area contributed by atoms with Gasteiger partial charge in [-0.25, -0.2) is 9.78 Å². The van der Waals surface area contributed by atoms with Crippen LogP contribution in [0.5, 0.6) is 0 Å². The van der Waals surface area contributed by atoms with Gasteiger partial charge in [-0.1, -0.05) is 19.9 Å². The van der Waals surface area contributed by atoms with Crippen LogP contribution in [0.25, 0.3) is 0 Å². The number of hydrogen-bond acceptors (Lipinski definition) is 6. The molecule has 1 N–H and O–H groups in total. The molecule has 7 nitrogen and oxygen atoms in total. The van der Waals surface area contributed by atoms with Gasteiger partial charge in [-0.05, 0) is 43.4 Å². The molecule has 2 aromatic rings. The van der Waals surface area contributed by atoms with E-state index >= 15 is 0 Å². The highest BCUT2D eigenvalue weighted by molar-refractivity contribution is 5.89. The molecule has 2 atom stereocenters. The Morgan fingerprint density at radius 3 is 2.67 bits per heavy atom. The Kier molecular flexibility index (Phi) is 4.68. The van der Waals surface area contributed by atoms with Gasteiger partial charge in [0.15, 0.2) is 0 Å². The number of amides is 1. The van der Waals surface area contributed by atoms with Crippen molar-refractivity contribution in [3.8, 4) is 0 Å². The third-order valence-corrected chi connectivity index (χ3v) is 5.21. The van der Waals surface area contributed by atoms with Crippen molar-refractivity contribution in [1.82, 2.24) is 15.0 Å². The van der Waals surface area contributed by atoms with E-state index < -0.39 is 0 Å². The molecule has 4 rings (SSSR count). The van der Waals surface area contributed by atoms with E-state index in [-0.39, 0.29) is 24.1 Å². The van der Waals surface area contributed by atoms with E-state index in [1.165, 1.54) is 18.5 Å². The molecule has 1 saturated heterocycles. The lowest BCUT2D eigenvalue weighted by molar-refractivity contribution is 0.177. The first-order valence-electron chi connectivity index (χ1n) is 9.54. The van der Waals surface area contributed by atoms with Crippen molar-refractivity contribution >= 4 is 17.9 Å². The summed E-state index contributed by atoms with van der Waals surface area (Å²) in [7, 11) is 0. The summed E-state index contributed by atoms with van der Waals surface area (Å²) in [6, 6.07) is 5.94. The lowest BCUT2D eigenvalue weighted by Crippen LogP contribution is -2.37. The highest BCUT2D eigenvalue weighted by Crippen LogP contribution is 2.39. The van der Waals surface area contributed by atoms with Crippen LogP contribution in [0.15, 0.2) is 30.6 Å². The molecule has 27 heavy (non-hydrogen) atoms. The standard InChI is InChI=1S/C20H25N5O2/c1-12(2)17-11-27-20(26)25(17)18-8-9-21-19(24-18)23-13(3)15-6-7-16(22-10-15)14-4-5-14/h6-10,12-14,17H,4-5,11H2,1-3H3,(H,21,23,24)/t13-,17+/m0/s1. The van der Waals surface area contributed by atoms with Crippen LogP contribution < -0.4 is 10.2 Å². The van der Waals surface area contributed by atoms with Crippen molar-refractivity contribution in [2.24, 2.45) is 5.92 Å². The smallest absolute Gasteiger partial charge is 0.415 e. The van der Waals surface area contributed by atoms with E-state index in [0.717, 1.165) is 5.56 Å². The molecule has 1 amide bonds. The van der Waals surface area contributed by atoms with Gasteiger partial charge in [-0.2, -0.15) is 4.98 Å². The third kappa shape index (κ3) is 3.72.